The third-order valence-electron chi connectivity index (χ3n) is 3.21. The van der Waals surface area contributed by atoms with E-state index in [1.807, 2.05) is 0 Å². The summed E-state index contributed by atoms with van der Waals surface area (Å²) in [6.45, 7) is 6.58. The third kappa shape index (κ3) is 3.98. The normalized spacial score (nSPS) is 17.3. The molecule has 0 unspecified atom stereocenters. The molecule has 6 nitrogen and oxygen atoms in total. The highest BCUT2D eigenvalue weighted by Gasteiger charge is 2.31. The van der Waals surface area contributed by atoms with Gasteiger partial charge in [0.2, 0.25) is 10.0 Å². The fourth-order valence-corrected chi connectivity index (χ4v) is 3.53. The molecule has 0 aromatic heterocycles. The molecule has 2 rings (SSSR count). The molecule has 7 heteroatoms. The summed E-state index contributed by atoms with van der Waals surface area (Å²) in [6, 6.07) is 9.07. The highest BCUT2D eigenvalue weighted by atomic mass is 32.2. The number of carbonyl (C=O) groups excluding carboxylic acids is 1. The van der Waals surface area contributed by atoms with Crippen molar-refractivity contribution in [2.24, 2.45) is 0 Å². The van der Waals surface area contributed by atoms with Crippen LogP contribution in [0.15, 0.2) is 29.2 Å². The fourth-order valence-electron chi connectivity index (χ4n) is 2.12. The fraction of sp³-hybridized carbons (Fsp3) is 0.533. The van der Waals surface area contributed by atoms with Crippen molar-refractivity contribution in [1.82, 2.24) is 9.21 Å². The summed E-state index contributed by atoms with van der Waals surface area (Å²) in [7, 11) is -3.52. The van der Waals surface area contributed by atoms with E-state index in [-0.39, 0.29) is 18.0 Å². The average Bonchev–Trinajstić information content (AvgIpc) is 2.46. The van der Waals surface area contributed by atoms with Gasteiger partial charge in [0.1, 0.15) is 5.60 Å². The molecule has 1 aromatic rings. The van der Waals surface area contributed by atoms with Gasteiger partial charge in [0.15, 0.2) is 0 Å². The van der Waals surface area contributed by atoms with E-state index in [2.05, 4.69) is 6.07 Å². The lowest BCUT2D eigenvalue weighted by molar-refractivity contribution is 0.0192. The Morgan fingerprint density at radius 3 is 2.36 bits per heavy atom. The molecule has 0 saturated carbocycles. The second-order valence-corrected chi connectivity index (χ2v) is 8.05. The van der Waals surface area contributed by atoms with E-state index in [9.17, 15) is 13.2 Å². The Bertz CT molecular complexity index is 615. The molecular weight excluding hydrogens is 304 g/mol. The van der Waals surface area contributed by atoms with Gasteiger partial charge in [-0.2, -0.15) is 4.31 Å². The zero-order valence-corrected chi connectivity index (χ0v) is 13.9. The topological polar surface area (TPSA) is 66.9 Å². The van der Waals surface area contributed by atoms with Crippen LogP contribution >= 0.6 is 0 Å². The van der Waals surface area contributed by atoms with Crippen molar-refractivity contribution in [3.05, 3.63) is 30.3 Å². The average molecular weight is 325 g/mol. The number of nitrogens with zero attached hydrogens (tertiary/aromatic N) is 2. The monoisotopic (exact) mass is 325 g/mol. The van der Waals surface area contributed by atoms with E-state index < -0.39 is 21.7 Å². The smallest absolute Gasteiger partial charge is 0.410 e. The molecule has 1 saturated heterocycles. The number of hydrogen-bond donors (Lipinski definition) is 0. The van der Waals surface area contributed by atoms with Crippen molar-refractivity contribution in [3.8, 4) is 0 Å². The van der Waals surface area contributed by atoms with Crippen molar-refractivity contribution < 1.29 is 17.9 Å². The van der Waals surface area contributed by atoms with Gasteiger partial charge >= 0.3 is 6.09 Å². The number of sulfonamides is 1. The van der Waals surface area contributed by atoms with Gasteiger partial charge < -0.3 is 9.64 Å². The number of benzene rings is 1. The summed E-state index contributed by atoms with van der Waals surface area (Å²) in [4.78, 5) is 13.7. The highest BCUT2D eigenvalue weighted by molar-refractivity contribution is 7.89. The molecule has 1 aromatic carbocycles. The lowest BCUT2D eigenvalue weighted by atomic mass is 10.2. The molecular formula is C15H21N2O4S. The molecule has 1 radical (unpaired) electrons. The van der Waals surface area contributed by atoms with Crippen LogP contribution in [0.1, 0.15) is 20.8 Å². The Balaban J connectivity index is 1.99. The maximum Gasteiger partial charge on any atom is 0.410 e. The van der Waals surface area contributed by atoms with Crippen LogP contribution < -0.4 is 0 Å². The van der Waals surface area contributed by atoms with Crippen LogP contribution in [0.4, 0.5) is 4.79 Å². The second kappa shape index (κ2) is 6.26. The van der Waals surface area contributed by atoms with Crippen LogP contribution in [-0.4, -0.2) is 55.5 Å². The zero-order chi connectivity index (χ0) is 16.4. The number of carbonyl (C=O) groups is 1. The third-order valence-corrected chi connectivity index (χ3v) is 5.10. The first-order valence-electron chi connectivity index (χ1n) is 7.14. The Hall–Kier alpha value is -1.60. The molecule has 1 heterocycles. The second-order valence-electron chi connectivity index (χ2n) is 6.11. The van der Waals surface area contributed by atoms with Crippen LogP contribution in [0.2, 0.25) is 0 Å². The minimum atomic E-state index is -3.52. The van der Waals surface area contributed by atoms with Gasteiger partial charge in [0.05, 0.1) is 4.90 Å². The van der Waals surface area contributed by atoms with Crippen molar-refractivity contribution in [2.45, 2.75) is 31.3 Å². The predicted molar refractivity (Wildman–Crippen MR) is 81.8 cm³/mol. The van der Waals surface area contributed by atoms with Gasteiger partial charge in [-0.1, -0.05) is 12.1 Å². The molecule has 1 aliphatic heterocycles. The number of ether oxygens (including phenoxy) is 1. The summed E-state index contributed by atoms with van der Waals surface area (Å²) in [5, 5.41) is 0. The first kappa shape index (κ1) is 16.8. The molecule has 1 amide bonds. The first-order chi connectivity index (χ1) is 10.2. The Morgan fingerprint density at radius 1 is 1.23 bits per heavy atom. The molecule has 22 heavy (non-hydrogen) atoms. The van der Waals surface area contributed by atoms with Crippen LogP contribution in [0.25, 0.3) is 0 Å². The largest absolute Gasteiger partial charge is 0.444 e. The molecule has 0 aliphatic carbocycles. The van der Waals surface area contributed by atoms with E-state index in [4.69, 9.17) is 4.74 Å². The number of amides is 1. The summed E-state index contributed by atoms with van der Waals surface area (Å²) >= 11 is 0. The van der Waals surface area contributed by atoms with E-state index in [1.54, 1.807) is 39.0 Å². The highest BCUT2D eigenvalue weighted by Crippen LogP contribution is 2.18. The van der Waals surface area contributed by atoms with Crippen molar-refractivity contribution in [3.63, 3.8) is 0 Å². The lowest BCUT2D eigenvalue weighted by Gasteiger charge is -2.34. The molecule has 121 valence electrons. The summed E-state index contributed by atoms with van der Waals surface area (Å²) in [5.74, 6) is 0. The van der Waals surface area contributed by atoms with Crippen LogP contribution in [0, 0.1) is 6.07 Å². The molecule has 0 bridgehead atoms. The van der Waals surface area contributed by atoms with Gasteiger partial charge in [-0.25, -0.2) is 13.2 Å². The predicted octanol–water partition coefficient (Wildman–Crippen LogP) is 1.73. The van der Waals surface area contributed by atoms with Gasteiger partial charge in [-0.05, 0) is 39.0 Å². The van der Waals surface area contributed by atoms with Crippen molar-refractivity contribution in [2.75, 3.05) is 26.2 Å². The Labute approximate surface area is 131 Å². The number of piperazine rings is 1. The quantitative estimate of drug-likeness (QED) is 0.830. The minimum absolute atomic E-state index is 0.223. The van der Waals surface area contributed by atoms with Crippen molar-refractivity contribution >= 4 is 16.1 Å². The van der Waals surface area contributed by atoms with Crippen LogP contribution in [0.3, 0.4) is 0 Å². The molecule has 1 aliphatic rings. The molecule has 1 fully saturated rings. The van der Waals surface area contributed by atoms with Gasteiger partial charge in [0.25, 0.3) is 0 Å². The van der Waals surface area contributed by atoms with Crippen molar-refractivity contribution in [1.29, 1.82) is 0 Å². The maximum absolute atomic E-state index is 12.5. The van der Waals surface area contributed by atoms with Crippen LogP contribution in [-0.2, 0) is 14.8 Å². The van der Waals surface area contributed by atoms with E-state index >= 15 is 0 Å². The number of rotatable bonds is 2. The van der Waals surface area contributed by atoms with Gasteiger partial charge in [-0.3, -0.25) is 0 Å². The Kier molecular flexibility index (Phi) is 4.77. The molecule has 0 spiro atoms. The first-order valence-corrected chi connectivity index (χ1v) is 8.58. The maximum atomic E-state index is 12.5. The summed E-state index contributed by atoms with van der Waals surface area (Å²) < 4.78 is 31.6. The van der Waals surface area contributed by atoms with E-state index in [1.165, 1.54) is 15.3 Å². The van der Waals surface area contributed by atoms with Crippen LogP contribution in [0.5, 0.6) is 0 Å². The zero-order valence-electron chi connectivity index (χ0n) is 13.1. The summed E-state index contributed by atoms with van der Waals surface area (Å²) in [6.07, 6.45) is -0.405. The summed E-state index contributed by atoms with van der Waals surface area (Å²) in [5.41, 5.74) is -0.555. The van der Waals surface area contributed by atoms with Gasteiger partial charge in [-0.15, -0.1) is 0 Å². The number of hydrogen-bond acceptors (Lipinski definition) is 4. The van der Waals surface area contributed by atoms with E-state index in [0.29, 0.717) is 13.1 Å². The standard InChI is InChI=1S/C15H21N2O4S/c1-15(2,3)21-14(18)16-9-11-17(12-10-16)22(19,20)13-7-5-4-6-8-13/h4-5,7-8H,9-12H2,1-3H3. The molecule has 0 atom stereocenters. The van der Waals surface area contributed by atoms with Gasteiger partial charge in [0, 0.05) is 26.2 Å². The SMILES string of the molecule is CC(C)(C)OC(=O)N1CCN(S(=O)(=O)c2c[c]ccc2)CC1. The minimum Gasteiger partial charge on any atom is -0.444 e. The lowest BCUT2D eigenvalue weighted by Crippen LogP contribution is -2.51. The molecule has 0 N–H and O–H groups in total. The Morgan fingerprint density at radius 2 is 1.86 bits per heavy atom. The van der Waals surface area contributed by atoms with E-state index in [0.717, 1.165) is 0 Å².